The van der Waals surface area contributed by atoms with Gasteiger partial charge < -0.3 is 20.3 Å². The monoisotopic (exact) mass is 541 g/mol. The first-order valence-corrected chi connectivity index (χ1v) is 13.4. The molecule has 0 unspecified atom stereocenters. The number of nitrogens with two attached hydrogens (primary N) is 1. The number of ether oxygens (including phenoxy) is 2. The molecule has 0 aromatic heterocycles. The van der Waals surface area contributed by atoms with Gasteiger partial charge in [0.2, 0.25) is 0 Å². The van der Waals surface area contributed by atoms with Crippen molar-refractivity contribution in [3.05, 3.63) is 101 Å². The van der Waals surface area contributed by atoms with E-state index in [4.69, 9.17) is 20.3 Å². The van der Waals surface area contributed by atoms with Crippen molar-refractivity contribution in [1.29, 1.82) is 0 Å². The van der Waals surface area contributed by atoms with E-state index in [2.05, 4.69) is 30.8 Å². The summed E-state index contributed by atoms with van der Waals surface area (Å²) in [6, 6.07) is 21.3. The Labute approximate surface area is 235 Å². The van der Waals surface area contributed by atoms with E-state index in [9.17, 15) is 9.18 Å². The van der Waals surface area contributed by atoms with Crippen molar-refractivity contribution in [2.75, 3.05) is 14.2 Å². The molecule has 1 fully saturated rings. The van der Waals surface area contributed by atoms with Crippen molar-refractivity contribution in [2.24, 2.45) is 5.73 Å². The van der Waals surface area contributed by atoms with Crippen LogP contribution >= 0.6 is 0 Å². The number of hydrogen-bond acceptors (Lipinski definition) is 4. The summed E-state index contributed by atoms with van der Waals surface area (Å²) in [6.45, 7) is 5.29. The number of rotatable bonds is 8. The van der Waals surface area contributed by atoms with Crippen molar-refractivity contribution < 1.29 is 23.8 Å². The molecular formula is C34H36FNO4. The quantitative estimate of drug-likeness (QED) is 0.237. The largest absolute Gasteiger partial charge is 0.496 e. The van der Waals surface area contributed by atoms with Crippen LogP contribution in [-0.2, 0) is 11.2 Å². The van der Waals surface area contributed by atoms with Gasteiger partial charge in [0.25, 0.3) is 0 Å². The molecule has 0 radical (unpaired) electrons. The fraction of sp³-hybridized carbons (Fsp3) is 0.265. The van der Waals surface area contributed by atoms with Crippen LogP contribution in [0, 0.1) is 12.7 Å². The number of methoxy groups -OCH3 is 2. The first kappa shape index (κ1) is 28.7. The van der Waals surface area contributed by atoms with Crippen LogP contribution < -0.4 is 15.2 Å². The lowest BCUT2D eigenvalue weighted by molar-refractivity contribution is -0.136. The average Bonchev–Trinajstić information content (AvgIpc) is 2.90. The van der Waals surface area contributed by atoms with Gasteiger partial charge in [-0.2, -0.15) is 0 Å². The van der Waals surface area contributed by atoms with Crippen LogP contribution in [0.4, 0.5) is 4.39 Å². The molecule has 0 heterocycles. The average molecular weight is 542 g/mol. The van der Waals surface area contributed by atoms with Crippen LogP contribution in [0.5, 0.6) is 11.5 Å². The zero-order valence-electron chi connectivity index (χ0n) is 23.3. The first-order chi connectivity index (χ1) is 19.3. The Morgan fingerprint density at radius 2 is 1.70 bits per heavy atom. The molecule has 1 aliphatic carbocycles. The van der Waals surface area contributed by atoms with E-state index < -0.39 is 5.97 Å². The summed E-state index contributed by atoms with van der Waals surface area (Å²) in [5.41, 5.74) is 11.2. The topological polar surface area (TPSA) is 81.8 Å². The number of fused-ring (bicyclic) bond motifs is 1. The van der Waals surface area contributed by atoms with Crippen LogP contribution in [-0.4, -0.2) is 25.3 Å². The normalized spacial score (nSPS) is 12.7. The maximum atomic E-state index is 13.0. The molecule has 0 bridgehead atoms. The third kappa shape index (κ3) is 5.96. The second-order valence-electron chi connectivity index (χ2n) is 10.1. The van der Waals surface area contributed by atoms with Crippen molar-refractivity contribution in [3.63, 3.8) is 0 Å². The van der Waals surface area contributed by atoms with E-state index in [1.807, 2.05) is 24.3 Å². The van der Waals surface area contributed by atoms with E-state index in [1.54, 1.807) is 33.3 Å². The van der Waals surface area contributed by atoms with Crippen LogP contribution in [0.3, 0.4) is 0 Å². The summed E-state index contributed by atoms with van der Waals surface area (Å²) < 4.78 is 24.6. The second kappa shape index (κ2) is 12.7. The first-order valence-electron chi connectivity index (χ1n) is 13.4. The Hall–Kier alpha value is -4.32. The Morgan fingerprint density at radius 1 is 1.00 bits per heavy atom. The number of hydrogen-bond donors (Lipinski definition) is 2. The fourth-order valence-electron chi connectivity index (χ4n) is 5.36. The van der Waals surface area contributed by atoms with E-state index in [0.29, 0.717) is 17.9 Å². The third-order valence-electron chi connectivity index (χ3n) is 7.55. The van der Waals surface area contributed by atoms with E-state index in [1.165, 1.54) is 30.9 Å². The predicted molar refractivity (Wildman–Crippen MR) is 159 cm³/mol. The lowest BCUT2D eigenvalue weighted by Crippen LogP contribution is -2.11. The van der Waals surface area contributed by atoms with E-state index in [0.717, 1.165) is 44.5 Å². The summed E-state index contributed by atoms with van der Waals surface area (Å²) in [5, 5.41) is 11.2. The summed E-state index contributed by atoms with van der Waals surface area (Å²) in [4.78, 5) is 11.1. The molecule has 5 rings (SSSR count). The molecule has 208 valence electrons. The molecule has 5 nitrogen and oxygen atoms in total. The summed E-state index contributed by atoms with van der Waals surface area (Å²) in [5.74, 6) is 1.12. The van der Waals surface area contributed by atoms with Gasteiger partial charge in [-0.3, -0.25) is 4.79 Å². The number of carbonyl (C=O) groups is 1. The number of carboxylic acids is 1. The lowest BCUT2D eigenvalue weighted by Gasteiger charge is -2.29. The highest BCUT2D eigenvalue weighted by Crippen LogP contribution is 2.49. The van der Waals surface area contributed by atoms with Crippen LogP contribution in [0.1, 0.15) is 53.9 Å². The van der Waals surface area contributed by atoms with Gasteiger partial charge in [-0.15, -0.1) is 0 Å². The molecule has 1 aliphatic rings. The fourth-order valence-corrected chi connectivity index (χ4v) is 5.36. The standard InChI is InChI=1S/C25H26O4.C9H10FN/c1-28-22-14-13-19(16-6-3-7-16)25(29-2)24(22)21-11-5-9-18-17(12-15-23(26)27)8-4-10-20(18)21;1-6-4-3-5-8(10)9(6)7(2)11/h4-5,8-11,13-14,16H,3,6-7,12,15H2,1-2H3,(H,26,27);3-5H,2,11H2,1H3. The number of carboxylic acid groups (broad SMARTS) is 1. The minimum absolute atomic E-state index is 0.118. The minimum atomic E-state index is -0.783. The Kier molecular flexibility index (Phi) is 9.10. The molecule has 1 saturated carbocycles. The smallest absolute Gasteiger partial charge is 0.303 e. The molecule has 0 saturated heterocycles. The van der Waals surface area contributed by atoms with Gasteiger partial charge >= 0.3 is 5.97 Å². The van der Waals surface area contributed by atoms with Crippen molar-refractivity contribution in [3.8, 4) is 22.6 Å². The minimum Gasteiger partial charge on any atom is -0.496 e. The molecule has 4 aromatic carbocycles. The Morgan fingerprint density at radius 3 is 2.27 bits per heavy atom. The summed E-state index contributed by atoms with van der Waals surface area (Å²) in [7, 11) is 3.41. The van der Waals surface area contributed by atoms with Gasteiger partial charge in [0.05, 0.1) is 19.8 Å². The Bertz CT molecular complexity index is 1520. The number of halogens is 1. The summed E-state index contributed by atoms with van der Waals surface area (Å²) in [6.07, 6.45) is 4.27. The van der Waals surface area contributed by atoms with E-state index >= 15 is 0 Å². The molecule has 0 aliphatic heterocycles. The molecule has 0 spiro atoms. The molecule has 0 atom stereocenters. The lowest BCUT2D eigenvalue weighted by atomic mass is 9.78. The van der Waals surface area contributed by atoms with Gasteiger partial charge in [0.1, 0.15) is 17.3 Å². The van der Waals surface area contributed by atoms with Crippen molar-refractivity contribution in [1.82, 2.24) is 0 Å². The van der Waals surface area contributed by atoms with Gasteiger partial charge in [0, 0.05) is 17.7 Å². The van der Waals surface area contributed by atoms with Gasteiger partial charge in [0.15, 0.2) is 0 Å². The molecule has 40 heavy (non-hydrogen) atoms. The van der Waals surface area contributed by atoms with Crippen LogP contribution in [0.15, 0.2) is 73.3 Å². The van der Waals surface area contributed by atoms with Crippen molar-refractivity contribution >= 4 is 22.4 Å². The molecule has 3 N–H and O–H groups in total. The van der Waals surface area contributed by atoms with Crippen LogP contribution in [0.2, 0.25) is 0 Å². The molecule has 4 aromatic rings. The predicted octanol–water partition coefficient (Wildman–Crippen LogP) is 7.87. The third-order valence-corrected chi connectivity index (χ3v) is 7.55. The van der Waals surface area contributed by atoms with Crippen molar-refractivity contribution in [2.45, 2.75) is 44.9 Å². The molecule has 0 amide bonds. The summed E-state index contributed by atoms with van der Waals surface area (Å²) >= 11 is 0. The molecule has 6 heteroatoms. The molecular weight excluding hydrogens is 505 g/mol. The SMILES string of the molecule is C=C(N)c1c(C)cccc1F.COc1ccc(C2CCC2)c(OC)c1-c1cccc2c(CCC(=O)O)cccc12. The zero-order chi connectivity index (χ0) is 28.8. The maximum absolute atomic E-state index is 13.0. The van der Waals surface area contributed by atoms with Gasteiger partial charge in [-0.25, -0.2) is 4.39 Å². The number of aryl methyl sites for hydroxylation is 2. The number of aliphatic carboxylic acids is 1. The maximum Gasteiger partial charge on any atom is 0.303 e. The van der Waals surface area contributed by atoms with Gasteiger partial charge in [-0.1, -0.05) is 67.6 Å². The highest BCUT2D eigenvalue weighted by Gasteiger charge is 2.27. The Balaban J connectivity index is 0.000000283. The van der Waals surface area contributed by atoms with E-state index in [-0.39, 0.29) is 17.9 Å². The van der Waals surface area contributed by atoms with Crippen LogP contribution in [0.25, 0.3) is 27.6 Å². The highest BCUT2D eigenvalue weighted by atomic mass is 19.1. The van der Waals surface area contributed by atoms with Gasteiger partial charge in [-0.05, 0) is 77.3 Å². The number of benzene rings is 4. The highest BCUT2D eigenvalue weighted by molar-refractivity contribution is 6.01. The second-order valence-corrected chi connectivity index (χ2v) is 10.1. The zero-order valence-corrected chi connectivity index (χ0v) is 23.3.